The van der Waals surface area contributed by atoms with Crippen LogP contribution in [0.4, 0.5) is 0 Å². The summed E-state index contributed by atoms with van der Waals surface area (Å²) in [7, 11) is 0. The molecule has 0 aliphatic carbocycles. The molecule has 0 saturated heterocycles. The number of aryl methyl sites for hydroxylation is 2. The quantitative estimate of drug-likeness (QED) is 0.457. The molecule has 0 aliphatic rings. The third-order valence-corrected chi connectivity index (χ3v) is 5.44. The van der Waals surface area contributed by atoms with Crippen LogP contribution in [0, 0.1) is 18.3 Å². The van der Waals surface area contributed by atoms with Crippen molar-refractivity contribution in [2.45, 2.75) is 59.7 Å². The fraction of sp³-hybridized carbons (Fsp3) is 0.333. The molecular formula is C27H30N2O2. The average molecular weight is 415 g/mol. The highest BCUT2D eigenvalue weighted by Crippen LogP contribution is 2.30. The van der Waals surface area contributed by atoms with Gasteiger partial charge in [0.25, 0.3) is 5.56 Å². The molecule has 1 aromatic heterocycles. The van der Waals surface area contributed by atoms with Crippen LogP contribution in [0.3, 0.4) is 0 Å². The molecule has 160 valence electrons. The maximum absolute atomic E-state index is 13.7. The molecule has 31 heavy (non-hydrogen) atoms. The Bertz CT molecular complexity index is 1150. The second kappa shape index (κ2) is 10.2. The van der Waals surface area contributed by atoms with Crippen LogP contribution < -0.4 is 5.56 Å². The number of para-hydroxylation sites is 1. The maximum atomic E-state index is 13.7. The predicted molar refractivity (Wildman–Crippen MR) is 125 cm³/mol. The van der Waals surface area contributed by atoms with Crippen molar-refractivity contribution in [2.24, 2.45) is 0 Å². The van der Waals surface area contributed by atoms with Crippen LogP contribution in [0.2, 0.25) is 0 Å². The molecule has 0 N–H and O–H groups in total. The number of benzene rings is 2. The Labute approximate surface area is 184 Å². The van der Waals surface area contributed by atoms with Crippen molar-refractivity contribution < 1.29 is 4.74 Å². The number of nitriles is 1. The van der Waals surface area contributed by atoms with Crippen LogP contribution >= 0.6 is 0 Å². The minimum atomic E-state index is -0.0476. The number of pyridine rings is 1. The van der Waals surface area contributed by atoms with E-state index in [2.05, 4.69) is 19.1 Å². The molecule has 0 atom stereocenters. The number of ether oxygens (including phenoxy) is 1. The lowest BCUT2D eigenvalue weighted by atomic mass is 9.97. The Morgan fingerprint density at radius 2 is 1.74 bits per heavy atom. The van der Waals surface area contributed by atoms with Crippen molar-refractivity contribution in [1.82, 2.24) is 4.57 Å². The van der Waals surface area contributed by atoms with Gasteiger partial charge in [0, 0.05) is 22.4 Å². The summed E-state index contributed by atoms with van der Waals surface area (Å²) >= 11 is 0. The summed E-state index contributed by atoms with van der Waals surface area (Å²) in [5.41, 5.74) is 5.67. The molecule has 2 aromatic carbocycles. The number of unbranched alkanes of at least 4 members (excludes halogenated alkanes) is 1. The van der Waals surface area contributed by atoms with E-state index in [4.69, 9.17) is 4.74 Å². The normalized spacial score (nSPS) is 11.0. The second-order valence-corrected chi connectivity index (χ2v) is 8.08. The lowest BCUT2D eigenvalue weighted by Crippen LogP contribution is -2.28. The van der Waals surface area contributed by atoms with Crippen molar-refractivity contribution >= 4 is 0 Å². The van der Waals surface area contributed by atoms with E-state index in [0.717, 1.165) is 47.3 Å². The highest BCUT2D eigenvalue weighted by molar-refractivity contribution is 5.77. The van der Waals surface area contributed by atoms with Gasteiger partial charge in [-0.1, -0.05) is 49.7 Å². The fourth-order valence-corrected chi connectivity index (χ4v) is 3.78. The van der Waals surface area contributed by atoms with Gasteiger partial charge < -0.3 is 4.74 Å². The topological polar surface area (TPSA) is 55.0 Å². The van der Waals surface area contributed by atoms with E-state index in [1.54, 1.807) is 0 Å². The number of hydrogen-bond acceptors (Lipinski definition) is 3. The zero-order valence-electron chi connectivity index (χ0n) is 18.8. The lowest BCUT2D eigenvalue weighted by molar-refractivity contribution is 0.0645. The Hall–Kier alpha value is -3.16. The highest BCUT2D eigenvalue weighted by Gasteiger charge is 2.18. The maximum Gasteiger partial charge on any atom is 0.261 e. The van der Waals surface area contributed by atoms with Gasteiger partial charge in [-0.15, -0.1) is 0 Å². The van der Waals surface area contributed by atoms with E-state index < -0.39 is 0 Å². The molecule has 4 nitrogen and oxygen atoms in total. The summed E-state index contributed by atoms with van der Waals surface area (Å²) in [6, 6.07) is 19.7. The van der Waals surface area contributed by atoms with E-state index in [1.807, 2.05) is 73.9 Å². The van der Waals surface area contributed by atoms with Crippen molar-refractivity contribution in [1.29, 1.82) is 5.26 Å². The zero-order valence-corrected chi connectivity index (χ0v) is 18.8. The first-order chi connectivity index (χ1) is 15.0. The highest BCUT2D eigenvalue weighted by atomic mass is 16.5. The van der Waals surface area contributed by atoms with Crippen molar-refractivity contribution in [3.05, 3.63) is 87.3 Å². The summed E-state index contributed by atoms with van der Waals surface area (Å²) in [6.07, 6.45) is 2.90. The van der Waals surface area contributed by atoms with Crippen LogP contribution in [0.25, 0.3) is 16.8 Å². The first-order valence-corrected chi connectivity index (χ1v) is 10.9. The molecule has 0 unspecified atom stereocenters. The SMILES string of the molecule is CCCCc1cc(C)c(COC(C)C)c(=O)n1-c1ccccc1-c1ccccc1C#N. The second-order valence-electron chi connectivity index (χ2n) is 8.08. The van der Waals surface area contributed by atoms with Crippen LogP contribution in [0.1, 0.15) is 56.0 Å². The number of rotatable bonds is 8. The largest absolute Gasteiger partial charge is 0.374 e. The van der Waals surface area contributed by atoms with Gasteiger partial charge >= 0.3 is 0 Å². The van der Waals surface area contributed by atoms with Crippen LogP contribution in [-0.4, -0.2) is 10.7 Å². The van der Waals surface area contributed by atoms with E-state index in [9.17, 15) is 10.1 Å². The van der Waals surface area contributed by atoms with Crippen molar-refractivity contribution in [3.63, 3.8) is 0 Å². The summed E-state index contributed by atoms with van der Waals surface area (Å²) in [5, 5.41) is 9.63. The van der Waals surface area contributed by atoms with Gasteiger partial charge in [0.05, 0.1) is 30.0 Å². The summed E-state index contributed by atoms with van der Waals surface area (Å²) < 4.78 is 7.62. The Kier molecular flexibility index (Phi) is 7.44. The molecule has 3 rings (SSSR count). The van der Waals surface area contributed by atoms with Crippen LogP contribution in [0.5, 0.6) is 0 Å². The van der Waals surface area contributed by atoms with Crippen molar-refractivity contribution in [3.8, 4) is 22.9 Å². The summed E-state index contributed by atoms with van der Waals surface area (Å²) in [5.74, 6) is 0. The third kappa shape index (κ3) is 4.95. The summed E-state index contributed by atoms with van der Waals surface area (Å²) in [4.78, 5) is 13.7. The van der Waals surface area contributed by atoms with E-state index >= 15 is 0 Å². The Balaban J connectivity index is 2.28. The average Bonchev–Trinajstić information content (AvgIpc) is 2.77. The molecule has 0 spiro atoms. The predicted octanol–water partition coefficient (Wildman–Crippen LogP) is 5.95. The number of nitrogens with zero attached hydrogens (tertiary/aromatic N) is 2. The Morgan fingerprint density at radius 3 is 2.42 bits per heavy atom. The first kappa shape index (κ1) is 22.5. The molecule has 0 amide bonds. The minimum Gasteiger partial charge on any atom is -0.374 e. The minimum absolute atomic E-state index is 0.0433. The molecule has 0 saturated carbocycles. The smallest absolute Gasteiger partial charge is 0.261 e. The molecular weight excluding hydrogens is 384 g/mol. The van der Waals surface area contributed by atoms with Gasteiger partial charge in [0.1, 0.15) is 0 Å². The standard InChI is InChI=1S/C27H30N2O2/c1-5-6-12-22-16-20(4)25(18-31-19(2)3)27(30)29(22)26-15-10-9-14-24(26)23-13-8-7-11-21(23)17-28/h7-11,13-16,19H,5-6,12,18H2,1-4H3. The number of hydrogen-bond donors (Lipinski definition) is 0. The van der Waals surface area contributed by atoms with Crippen molar-refractivity contribution in [2.75, 3.05) is 0 Å². The van der Waals surface area contributed by atoms with E-state index in [0.29, 0.717) is 11.1 Å². The number of aromatic nitrogens is 1. The third-order valence-electron chi connectivity index (χ3n) is 5.44. The monoisotopic (exact) mass is 414 g/mol. The molecule has 0 radical (unpaired) electrons. The van der Waals surface area contributed by atoms with Gasteiger partial charge in [-0.05, 0) is 57.4 Å². The van der Waals surface area contributed by atoms with Gasteiger partial charge in [-0.25, -0.2) is 0 Å². The molecule has 0 bridgehead atoms. The fourth-order valence-electron chi connectivity index (χ4n) is 3.78. The van der Waals surface area contributed by atoms with E-state index in [-0.39, 0.29) is 18.3 Å². The zero-order chi connectivity index (χ0) is 22.4. The van der Waals surface area contributed by atoms with Gasteiger partial charge in [0.2, 0.25) is 0 Å². The Morgan fingerprint density at radius 1 is 1.06 bits per heavy atom. The van der Waals surface area contributed by atoms with Gasteiger partial charge in [-0.2, -0.15) is 5.26 Å². The molecule has 1 heterocycles. The molecule has 4 heteroatoms. The van der Waals surface area contributed by atoms with Gasteiger partial charge in [-0.3, -0.25) is 9.36 Å². The molecule has 3 aromatic rings. The van der Waals surface area contributed by atoms with Gasteiger partial charge in [0.15, 0.2) is 0 Å². The molecule has 0 fully saturated rings. The lowest BCUT2D eigenvalue weighted by Gasteiger charge is -2.20. The molecule has 0 aliphatic heterocycles. The first-order valence-electron chi connectivity index (χ1n) is 10.9. The summed E-state index contributed by atoms with van der Waals surface area (Å²) in [6.45, 7) is 8.36. The van der Waals surface area contributed by atoms with Crippen LogP contribution in [0.15, 0.2) is 59.4 Å². The van der Waals surface area contributed by atoms with Crippen LogP contribution in [-0.2, 0) is 17.8 Å². The van der Waals surface area contributed by atoms with E-state index in [1.165, 1.54) is 0 Å².